The third-order valence-corrected chi connectivity index (χ3v) is 6.37. The van der Waals surface area contributed by atoms with Gasteiger partial charge in [0.05, 0.1) is 7.11 Å². The minimum atomic E-state index is 0. The SMILES string of the molecule is COc1ccc2c(c1)C(N[C@@H]1C[C@H]1c1ccc(-c3cccc(Cl)c3)cc1)CC2.Cl. The van der Waals surface area contributed by atoms with Gasteiger partial charge in [-0.25, -0.2) is 0 Å². The Bertz CT molecular complexity index is 1000. The van der Waals surface area contributed by atoms with Gasteiger partial charge in [-0.2, -0.15) is 0 Å². The number of nitrogens with one attached hydrogen (secondary N) is 1. The van der Waals surface area contributed by atoms with E-state index in [4.69, 9.17) is 16.3 Å². The lowest BCUT2D eigenvalue weighted by atomic mass is 10.0. The van der Waals surface area contributed by atoms with Crippen LogP contribution in [0.1, 0.15) is 41.5 Å². The van der Waals surface area contributed by atoms with Crippen molar-refractivity contribution in [2.24, 2.45) is 0 Å². The zero-order chi connectivity index (χ0) is 19.1. The van der Waals surface area contributed by atoms with Gasteiger partial charge >= 0.3 is 0 Å². The van der Waals surface area contributed by atoms with E-state index in [9.17, 15) is 0 Å². The average molecular weight is 426 g/mol. The van der Waals surface area contributed by atoms with Crippen molar-refractivity contribution in [2.45, 2.75) is 37.3 Å². The van der Waals surface area contributed by atoms with Gasteiger partial charge in [0, 0.05) is 23.0 Å². The summed E-state index contributed by atoms with van der Waals surface area (Å²) in [6.45, 7) is 0. The molecule has 0 saturated heterocycles. The Kier molecular flexibility index (Phi) is 5.87. The first-order valence-electron chi connectivity index (χ1n) is 10.00. The summed E-state index contributed by atoms with van der Waals surface area (Å²) in [5, 5.41) is 4.67. The van der Waals surface area contributed by atoms with Crippen LogP contribution in [0.4, 0.5) is 0 Å². The average Bonchev–Trinajstić information content (AvgIpc) is 3.39. The van der Waals surface area contributed by atoms with Crippen LogP contribution in [0, 0.1) is 0 Å². The summed E-state index contributed by atoms with van der Waals surface area (Å²) in [6.07, 6.45) is 3.55. The Labute approximate surface area is 183 Å². The number of halogens is 2. The number of rotatable bonds is 5. The molecule has 4 heteroatoms. The molecule has 3 aromatic carbocycles. The fraction of sp³-hybridized carbons (Fsp3) is 0.280. The van der Waals surface area contributed by atoms with Crippen LogP contribution in [0.25, 0.3) is 11.1 Å². The number of hydrogen-bond acceptors (Lipinski definition) is 2. The molecule has 3 atom stereocenters. The van der Waals surface area contributed by atoms with E-state index in [2.05, 4.69) is 53.8 Å². The van der Waals surface area contributed by atoms with Gasteiger partial charge < -0.3 is 10.1 Å². The Balaban J connectivity index is 0.00000205. The normalized spacial score (nSPS) is 21.9. The van der Waals surface area contributed by atoms with E-state index in [0.29, 0.717) is 18.0 Å². The molecular weight excluding hydrogens is 401 g/mol. The van der Waals surface area contributed by atoms with Gasteiger partial charge in [-0.1, -0.05) is 54.1 Å². The maximum atomic E-state index is 6.13. The number of hydrogen-bond donors (Lipinski definition) is 1. The zero-order valence-electron chi connectivity index (χ0n) is 16.4. The van der Waals surface area contributed by atoms with Crippen LogP contribution in [0.2, 0.25) is 5.02 Å². The lowest BCUT2D eigenvalue weighted by molar-refractivity contribution is 0.413. The van der Waals surface area contributed by atoms with Crippen molar-refractivity contribution in [3.8, 4) is 16.9 Å². The molecule has 1 saturated carbocycles. The Hall–Kier alpha value is -2.00. The number of methoxy groups -OCH3 is 1. The Morgan fingerprint density at radius 3 is 2.55 bits per heavy atom. The number of aryl methyl sites for hydroxylation is 1. The molecule has 1 fully saturated rings. The van der Waals surface area contributed by atoms with Crippen molar-refractivity contribution < 1.29 is 4.74 Å². The van der Waals surface area contributed by atoms with Crippen LogP contribution >= 0.6 is 24.0 Å². The summed E-state index contributed by atoms with van der Waals surface area (Å²) in [4.78, 5) is 0. The first-order chi connectivity index (χ1) is 13.7. The number of fused-ring (bicyclic) bond motifs is 1. The van der Waals surface area contributed by atoms with E-state index < -0.39 is 0 Å². The summed E-state index contributed by atoms with van der Waals surface area (Å²) in [5.74, 6) is 1.57. The lowest BCUT2D eigenvalue weighted by Gasteiger charge is -2.15. The highest BCUT2D eigenvalue weighted by atomic mass is 35.5. The molecule has 0 bridgehead atoms. The minimum absolute atomic E-state index is 0. The van der Waals surface area contributed by atoms with Crippen LogP contribution < -0.4 is 10.1 Å². The topological polar surface area (TPSA) is 21.3 Å². The standard InChI is InChI=1S/C25H24ClNO.ClH/c1-28-21-11-9-18-10-12-24(22(18)14-21)27-25-15-23(25)17-7-5-16(6-8-17)19-3-2-4-20(26)13-19;/h2-9,11,13-14,23-25,27H,10,12,15H2,1H3;1H/t23-,24?,25+;/m0./s1. The van der Waals surface area contributed by atoms with Crippen molar-refractivity contribution in [3.05, 3.63) is 88.4 Å². The van der Waals surface area contributed by atoms with Crippen LogP contribution in [0.15, 0.2) is 66.7 Å². The molecule has 0 aliphatic heterocycles. The van der Waals surface area contributed by atoms with Gasteiger partial charge in [-0.3, -0.25) is 0 Å². The Morgan fingerprint density at radius 2 is 1.79 bits per heavy atom. The van der Waals surface area contributed by atoms with Gasteiger partial charge in [-0.15, -0.1) is 12.4 Å². The van der Waals surface area contributed by atoms with Crippen molar-refractivity contribution in [1.82, 2.24) is 5.32 Å². The summed E-state index contributed by atoms with van der Waals surface area (Å²) >= 11 is 6.13. The molecule has 3 aromatic rings. The second-order valence-electron chi connectivity index (χ2n) is 7.90. The molecule has 0 aromatic heterocycles. The summed E-state index contributed by atoms with van der Waals surface area (Å²) in [7, 11) is 1.74. The quantitative estimate of drug-likeness (QED) is 0.498. The summed E-state index contributed by atoms with van der Waals surface area (Å²) in [5.41, 5.74) is 6.68. The number of benzene rings is 3. The Morgan fingerprint density at radius 1 is 0.966 bits per heavy atom. The van der Waals surface area contributed by atoms with E-state index in [1.807, 2.05) is 18.2 Å². The minimum Gasteiger partial charge on any atom is -0.497 e. The molecule has 0 heterocycles. The van der Waals surface area contributed by atoms with Crippen molar-refractivity contribution in [1.29, 1.82) is 0 Å². The molecule has 150 valence electrons. The first kappa shape index (κ1) is 20.3. The van der Waals surface area contributed by atoms with E-state index in [1.165, 1.54) is 40.7 Å². The van der Waals surface area contributed by atoms with Gasteiger partial charge in [0.2, 0.25) is 0 Å². The fourth-order valence-corrected chi connectivity index (χ4v) is 4.67. The largest absolute Gasteiger partial charge is 0.497 e. The second-order valence-corrected chi connectivity index (χ2v) is 8.34. The third kappa shape index (κ3) is 4.16. The third-order valence-electron chi connectivity index (χ3n) is 6.13. The predicted octanol–water partition coefficient (Wildman–Crippen LogP) is 6.57. The molecule has 5 rings (SSSR count). The second kappa shape index (κ2) is 8.39. The molecule has 29 heavy (non-hydrogen) atoms. The van der Waals surface area contributed by atoms with E-state index in [0.717, 1.165) is 17.2 Å². The fourth-order valence-electron chi connectivity index (χ4n) is 4.48. The van der Waals surface area contributed by atoms with E-state index >= 15 is 0 Å². The predicted molar refractivity (Wildman–Crippen MR) is 122 cm³/mol. The van der Waals surface area contributed by atoms with Crippen LogP contribution in [0.5, 0.6) is 5.75 Å². The lowest BCUT2D eigenvalue weighted by Crippen LogP contribution is -2.22. The molecule has 0 amide bonds. The highest BCUT2D eigenvalue weighted by Crippen LogP contribution is 2.44. The van der Waals surface area contributed by atoms with Crippen LogP contribution in [0.3, 0.4) is 0 Å². The molecule has 0 radical (unpaired) electrons. The molecule has 2 nitrogen and oxygen atoms in total. The number of ether oxygens (including phenoxy) is 1. The molecular formula is C25H25Cl2NO. The maximum Gasteiger partial charge on any atom is 0.119 e. The summed E-state index contributed by atoms with van der Waals surface area (Å²) < 4.78 is 5.42. The van der Waals surface area contributed by atoms with Crippen molar-refractivity contribution in [3.63, 3.8) is 0 Å². The molecule has 1 N–H and O–H groups in total. The van der Waals surface area contributed by atoms with Crippen LogP contribution in [-0.2, 0) is 6.42 Å². The highest BCUT2D eigenvalue weighted by molar-refractivity contribution is 6.30. The zero-order valence-corrected chi connectivity index (χ0v) is 18.0. The van der Waals surface area contributed by atoms with E-state index in [-0.39, 0.29) is 12.4 Å². The molecule has 2 aliphatic rings. The van der Waals surface area contributed by atoms with Crippen LogP contribution in [-0.4, -0.2) is 13.2 Å². The van der Waals surface area contributed by atoms with Crippen molar-refractivity contribution >= 4 is 24.0 Å². The van der Waals surface area contributed by atoms with Gasteiger partial charge in [0.1, 0.15) is 5.75 Å². The smallest absolute Gasteiger partial charge is 0.119 e. The molecule has 0 spiro atoms. The molecule has 1 unspecified atom stereocenters. The monoisotopic (exact) mass is 425 g/mol. The first-order valence-corrected chi connectivity index (χ1v) is 10.4. The van der Waals surface area contributed by atoms with Gasteiger partial charge in [-0.05, 0) is 71.3 Å². The highest BCUT2D eigenvalue weighted by Gasteiger charge is 2.40. The van der Waals surface area contributed by atoms with Gasteiger partial charge in [0.25, 0.3) is 0 Å². The maximum absolute atomic E-state index is 6.13. The van der Waals surface area contributed by atoms with Gasteiger partial charge in [0.15, 0.2) is 0 Å². The molecule has 2 aliphatic carbocycles. The van der Waals surface area contributed by atoms with Crippen molar-refractivity contribution in [2.75, 3.05) is 7.11 Å². The summed E-state index contributed by atoms with van der Waals surface area (Å²) in [6, 6.07) is 24.5. The van der Waals surface area contributed by atoms with E-state index in [1.54, 1.807) is 7.11 Å².